The molecule has 4 nitrogen and oxygen atoms in total. The lowest BCUT2D eigenvalue weighted by Crippen LogP contribution is -2.24. The summed E-state index contributed by atoms with van der Waals surface area (Å²) in [5.74, 6) is -0.543. The van der Waals surface area contributed by atoms with Gasteiger partial charge in [-0.25, -0.2) is 0 Å². The van der Waals surface area contributed by atoms with Crippen LogP contribution in [-0.2, 0) is 4.79 Å². The molecule has 0 aliphatic carbocycles. The molecule has 3 aromatic carbocycles. The molecule has 3 rings (SSSR count). The van der Waals surface area contributed by atoms with E-state index in [1.165, 1.54) is 17.8 Å². The first-order valence-electron chi connectivity index (χ1n) is 9.56. The van der Waals surface area contributed by atoms with E-state index < -0.39 is 0 Å². The molecule has 1 unspecified atom stereocenters. The molecule has 0 aliphatic rings. The maximum atomic E-state index is 12.8. The van der Waals surface area contributed by atoms with Crippen LogP contribution in [0, 0.1) is 0 Å². The summed E-state index contributed by atoms with van der Waals surface area (Å²) in [4.78, 5) is 26.2. The monoisotopic (exact) mass is 526 g/mol. The molecule has 0 aliphatic heterocycles. The van der Waals surface area contributed by atoms with Crippen molar-refractivity contribution in [2.75, 3.05) is 10.6 Å². The van der Waals surface area contributed by atoms with Gasteiger partial charge in [0.15, 0.2) is 0 Å². The molecular formula is C23H18Cl4N2O2S. The molecular weight excluding hydrogens is 510 g/mol. The Hall–Kier alpha value is -1.89. The zero-order chi connectivity index (χ0) is 23.3. The summed E-state index contributed by atoms with van der Waals surface area (Å²) >= 11 is 25.6. The van der Waals surface area contributed by atoms with Crippen LogP contribution in [0.25, 0.3) is 0 Å². The highest BCUT2D eigenvalue weighted by Gasteiger charge is 2.20. The van der Waals surface area contributed by atoms with E-state index in [1.807, 2.05) is 13.0 Å². The molecule has 0 radical (unpaired) electrons. The zero-order valence-electron chi connectivity index (χ0n) is 16.8. The van der Waals surface area contributed by atoms with Gasteiger partial charge in [0.05, 0.1) is 31.6 Å². The maximum Gasteiger partial charge on any atom is 0.257 e. The summed E-state index contributed by atoms with van der Waals surface area (Å²) in [6.45, 7) is 1.92. The van der Waals surface area contributed by atoms with Crippen molar-refractivity contribution in [3.63, 3.8) is 0 Å². The molecule has 0 bridgehead atoms. The Bertz CT molecular complexity index is 1160. The molecule has 9 heteroatoms. The standard InChI is InChI=1S/C23H18Cl4N2O2S/c1-2-20(23(31)29-19-8-4-7-17(25)21(19)27)32-15-6-3-5-14(12-15)28-22(30)16-10-9-13(24)11-18(16)26/h3-12,20H,2H2,1H3,(H,28,30)(H,29,31). The highest BCUT2D eigenvalue weighted by atomic mass is 35.5. The van der Waals surface area contributed by atoms with E-state index in [1.54, 1.807) is 48.5 Å². The first-order valence-corrected chi connectivity index (χ1v) is 12.0. The molecule has 3 aromatic rings. The first kappa shape index (κ1) is 24.7. The number of halogens is 4. The number of hydrogen-bond donors (Lipinski definition) is 2. The average Bonchev–Trinajstić information content (AvgIpc) is 2.75. The SMILES string of the molecule is CCC(Sc1cccc(NC(=O)c2ccc(Cl)cc2Cl)c1)C(=O)Nc1cccc(Cl)c1Cl. The number of carbonyl (C=O) groups excluding carboxylic acids is 2. The van der Waals surface area contributed by atoms with Crippen LogP contribution in [0.1, 0.15) is 23.7 Å². The van der Waals surface area contributed by atoms with Crippen LogP contribution < -0.4 is 10.6 Å². The van der Waals surface area contributed by atoms with Crippen molar-refractivity contribution in [2.24, 2.45) is 0 Å². The smallest absolute Gasteiger partial charge is 0.257 e. The van der Waals surface area contributed by atoms with E-state index in [4.69, 9.17) is 46.4 Å². The highest BCUT2D eigenvalue weighted by molar-refractivity contribution is 8.00. The molecule has 2 N–H and O–H groups in total. The molecule has 1 atom stereocenters. The number of amides is 2. The van der Waals surface area contributed by atoms with Crippen LogP contribution in [-0.4, -0.2) is 17.1 Å². The topological polar surface area (TPSA) is 58.2 Å². The Kier molecular flexibility index (Phi) is 8.74. The molecule has 0 heterocycles. The lowest BCUT2D eigenvalue weighted by Gasteiger charge is -2.16. The lowest BCUT2D eigenvalue weighted by atomic mass is 10.2. The Morgan fingerprint density at radius 3 is 2.38 bits per heavy atom. The second-order valence-corrected chi connectivity index (χ2v) is 9.62. The maximum absolute atomic E-state index is 12.8. The van der Waals surface area contributed by atoms with Gasteiger partial charge in [0.25, 0.3) is 5.91 Å². The van der Waals surface area contributed by atoms with Gasteiger partial charge >= 0.3 is 0 Å². The Labute approximate surface area is 210 Å². The first-order chi connectivity index (χ1) is 15.3. The van der Waals surface area contributed by atoms with Gasteiger partial charge in [-0.05, 0) is 55.0 Å². The third-order valence-electron chi connectivity index (χ3n) is 4.42. The van der Waals surface area contributed by atoms with Crippen molar-refractivity contribution in [3.8, 4) is 0 Å². The van der Waals surface area contributed by atoms with Gasteiger partial charge in [0.1, 0.15) is 0 Å². The number of carbonyl (C=O) groups is 2. The molecule has 166 valence electrons. The van der Waals surface area contributed by atoms with E-state index >= 15 is 0 Å². The molecule has 0 saturated carbocycles. The van der Waals surface area contributed by atoms with Gasteiger partial charge in [0.2, 0.25) is 5.91 Å². The molecule has 0 spiro atoms. The van der Waals surface area contributed by atoms with Crippen molar-refractivity contribution >= 4 is 81.4 Å². The van der Waals surface area contributed by atoms with Crippen molar-refractivity contribution in [3.05, 3.63) is 86.3 Å². The van der Waals surface area contributed by atoms with Gasteiger partial charge in [-0.15, -0.1) is 11.8 Å². The molecule has 0 fully saturated rings. The van der Waals surface area contributed by atoms with Crippen LogP contribution in [0.3, 0.4) is 0 Å². The molecule has 32 heavy (non-hydrogen) atoms. The average molecular weight is 528 g/mol. The number of benzene rings is 3. The van der Waals surface area contributed by atoms with Crippen LogP contribution in [0.2, 0.25) is 20.1 Å². The predicted molar refractivity (Wildman–Crippen MR) is 136 cm³/mol. The van der Waals surface area contributed by atoms with Crippen LogP contribution in [0.4, 0.5) is 11.4 Å². The summed E-state index contributed by atoms with van der Waals surface area (Å²) in [6.07, 6.45) is 0.589. The fraction of sp³-hybridized carbons (Fsp3) is 0.130. The van der Waals surface area contributed by atoms with E-state index in [-0.39, 0.29) is 22.1 Å². The van der Waals surface area contributed by atoms with Gasteiger partial charge in [0, 0.05) is 15.6 Å². The number of rotatable bonds is 7. The third kappa shape index (κ3) is 6.33. The minimum absolute atomic E-state index is 0.191. The van der Waals surface area contributed by atoms with Crippen molar-refractivity contribution < 1.29 is 9.59 Å². The Morgan fingerprint density at radius 2 is 1.66 bits per heavy atom. The van der Waals surface area contributed by atoms with Crippen LogP contribution >= 0.6 is 58.2 Å². The van der Waals surface area contributed by atoms with E-state index in [0.717, 1.165) is 4.90 Å². The molecule has 2 amide bonds. The molecule has 0 aromatic heterocycles. The largest absolute Gasteiger partial charge is 0.324 e. The van der Waals surface area contributed by atoms with Gasteiger partial charge < -0.3 is 10.6 Å². The summed E-state index contributed by atoms with van der Waals surface area (Å²) < 4.78 is 0. The second-order valence-electron chi connectivity index (χ2n) is 6.71. The number of anilines is 2. The third-order valence-corrected chi connectivity index (χ3v) is 7.14. The molecule has 0 saturated heterocycles. The zero-order valence-corrected chi connectivity index (χ0v) is 20.6. The van der Waals surface area contributed by atoms with Gasteiger partial charge in [-0.3, -0.25) is 9.59 Å². The summed E-state index contributed by atoms with van der Waals surface area (Å²) in [6, 6.07) is 17.0. The van der Waals surface area contributed by atoms with E-state index in [0.29, 0.717) is 38.4 Å². The Balaban J connectivity index is 1.70. The number of nitrogens with one attached hydrogen (secondary N) is 2. The van der Waals surface area contributed by atoms with Crippen molar-refractivity contribution in [2.45, 2.75) is 23.5 Å². The Morgan fingerprint density at radius 1 is 0.906 bits per heavy atom. The minimum Gasteiger partial charge on any atom is -0.324 e. The lowest BCUT2D eigenvalue weighted by molar-refractivity contribution is -0.115. The summed E-state index contributed by atoms with van der Waals surface area (Å²) in [7, 11) is 0. The van der Waals surface area contributed by atoms with Gasteiger partial charge in [-0.2, -0.15) is 0 Å². The fourth-order valence-electron chi connectivity index (χ4n) is 2.82. The van der Waals surface area contributed by atoms with Crippen LogP contribution in [0.5, 0.6) is 0 Å². The highest BCUT2D eigenvalue weighted by Crippen LogP contribution is 2.32. The van der Waals surface area contributed by atoms with E-state index in [2.05, 4.69) is 10.6 Å². The minimum atomic E-state index is -0.373. The summed E-state index contributed by atoms with van der Waals surface area (Å²) in [5, 5.41) is 6.66. The van der Waals surface area contributed by atoms with Crippen molar-refractivity contribution in [1.82, 2.24) is 0 Å². The fourth-order valence-corrected chi connectivity index (χ4v) is 4.67. The summed E-state index contributed by atoms with van der Waals surface area (Å²) in [5.41, 5.74) is 1.36. The number of thioether (sulfide) groups is 1. The van der Waals surface area contributed by atoms with E-state index in [9.17, 15) is 9.59 Å². The normalized spacial score (nSPS) is 11.7. The van der Waals surface area contributed by atoms with Gasteiger partial charge in [-0.1, -0.05) is 65.5 Å². The van der Waals surface area contributed by atoms with Crippen LogP contribution in [0.15, 0.2) is 65.6 Å². The number of hydrogen-bond acceptors (Lipinski definition) is 3. The second kappa shape index (κ2) is 11.3. The van der Waals surface area contributed by atoms with Crippen molar-refractivity contribution in [1.29, 1.82) is 0 Å². The quantitative estimate of drug-likeness (QED) is 0.305. The predicted octanol–water partition coefficient (Wildman–Crippen LogP) is 8.06.